The molecule has 0 spiro atoms. The molecule has 15 heavy (non-hydrogen) atoms. The lowest BCUT2D eigenvalue weighted by molar-refractivity contribution is 0.111. The molecule has 2 aromatic heterocycles. The Morgan fingerprint density at radius 2 is 2.33 bits per heavy atom. The fourth-order valence-corrected chi connectivity index (χ4v) is 1.36. The summed E-state index contributed by atoms with van der Waals surface area (Å²) in [6.45, 7) is 1.90. The van der Waals surface area contributed by atoms with Gasteiger partial charge in [-0.2, -0.15) is 5.26 Å². The summed E-state index contributed by atoms with van der Waals surface area (Å²) in [6.07, 6.45) is 1.66. The van der Waals surface area contributed by atoms with E-state index in [1.54, 1.807) is 25.4 Å². The third kappa shape index (κ3) is 1.55. The lowest BCUT2D eigenvalue weighted by atomic mass is 10.3. The SMILES string of the molecule is COC(C)c1nnc2cc(C#N)ccn12. The first kappa shape index (κ1) is 9.62. The Balaban J connectivity index is 2.58. The quantitative estimate of drug-likeness (QED) is 0.736. The molecule has 2 rings (SSSR count). The van der Waals surface area contributed by atoms with Gasteiger partial charge in [0.2, 0.25) is 0 Å². The maximum Gasteiger partial charge on any atom is 0.166 e. The summed E-state index contributed by atoms with van der Waals surface area (Å²) in [4.78, 5) is 0. The second-order valence-corrected chi connectivity index (χ2v) is 3.19. The van der Waals surface area contributed by atoms with Gasteiger partial charge in [-0.05, 0) is 13.0 Å². The minimum atomic E-state index is -0.118. The van der Waals surface area contributed by atoms with Crippen molar-refractivity contribution >= 4 is 5.65 Å². The molecule has 5 nitrogen and oxygen atoms in total. The van der Waals surface area contributed by atoms with Crippen LogP contribution in [0.3, 0.4) is 0 Å². The fourth-order valence-electron chi connectivity index (χ4n) is 1.36. The topological polar surface area (TPSA) is 63.2 Å². The Bertz CT molecular complexity index is 526. The van der Waals surface area contributed by atoms with Gasteiger partial charge in [0, 0.05) is 19.4 Å². The molecule has 0 aliphatic carbocycles. The third-order valence-electron chi connectivity index (χ3n) is 2.28. The van der Waals surface area contributed by atoms with Crippen molar-refractivity contribution in [3.8, 4) is 6.07 Å². The smallest absolute Gasteiger partial charge is 0.166 e. The van der Waals surface area contributed by atoms with Crippen LogP contribution < -0.4 is 0 Å². The van der Waals surface area contributed by atoms with Crippen LogP contribution in [0.2, 0.25) is 0 Å². The van der Waals surface area contributed by atoms with E-state index in [4.69, 9.17) is 10.00 Å². The monoisotopic (exact) mass is 202 g/mol. The molecular formula is C10H10N4O. The lowest BCUT2D eigenvalue weighted by Gasteiger charge is -2.06. The van der Waals surface area contributed by atoms with Crippen LogP contribution in [0.25, 0.3) is 5.65 Å². The van der Waals surface area contributed by atoms with Crippen molar-refractivity contribution < 1.29 is 4.74 Å². The van der Waals surface area contributed by atoms with Crippen molar-refractivity contribution in [2.24, 2.45) is 0 Å². The Hall–Kier alpha value is -1.93. The van der Waals surface area contributed by atoms with Gasteiger partial charge in [-0.3, -0.25) is 4.40 Å². The molecule has 2 heterocycles. The van der Waals surface area contributed by atoms with Crippen LogP contribution >= 0.6 is 0 Å². The number of nitriles is 1. The van der Waals surface area contributed by atoms with Gasteiger partial charge in [-0.25, -0.2) is 0 Å². The molecule has 1 atom stereocenters. The number of methoxy groups -OCH3 is 1. The van der Waals surface area contributed by atoms with Gasteiger partial charge in [-0.1, -0.05) is 0 Å². The van der Waals surface area contributed by atoms with Gasteiger partial charge >= 0.3 is 0 Å². The lowest BCUT2D eigenvalue weighted by Crippen LogP contribution is -2.02. The standard InChI is InChI=1S/C10H10N4O/c1-7(15-2)10-13-12-9-5-8(6-11)3-4-14(9)10/h3-5,7H,1-2H3. The van der Waals surface area contributed by atoms with Crippen LogP contribution in [-0.4, -0.2) is 21.7 Å². The summed E-state index contributed by atoms with van der Waals surface area (Å²) < 4.78 is 6.99. The average molecular weight is 202 g/mol. The molecule has 0 aliphatic rings. The summed E-state index contributed by atoms with van der Waals surface area (Å²) in [5, 5.41) is 16.7. The molecule has 0 saturated heterocycles. The number of fused-ring (bicyclic) bond motifs is 1. The second kappa shape index (κ2) is 3.67. The van der Waals surface area contributed by atoms with E-state index >= 15 is 0 Å². The molecule has 0 aliphatic heterocycles. The minimum absolute atomic E-state index is 0.118. The van der Waals surface area contributed by atoms with E-state index in [-0.39, 0.29) is 6.10 Å². The molecule has 0 fully saturated rings. The summed E-state index contributed by atoms with van der Waals surface area (Å²) in [6, 6.07) is 5.48. The zero-order valence-electron chi connectivity index (χ0n) is 8.51. The van der Waals surface area contributed by atoms with Crippen molar-refractivity contribution in [3.05, 3.63) is 29.7 Å². The van der Waals surface area contributed by atoms with E-state index in [2.05, 4.69) is 16.3 Å². The Morgan fingerprint density at radius 1 is 1.53 bits per heavy atom. The van der Waals surface area contributed by atoms with Crippen LogP contribution in [0.1, 0.15) is 24.4 Å². The third-order valence-corrected chi connectivity index (χ3v) is 2.28. The summed E-state index contributed by atoms with van der Waals surface area (Å²) in [5.74, 6) is 0.733. The van der Waals surface area contributed by atoms with Gasteiger partial charge in [0.05, 0.1) is 11.6 Å². The summed E-state index contributed by atoms with van der Waals surface area (Å²) in [7, 11) is 1.62. The van der Waals surface area contributed by atoms with Crippen LogP contribution in [0.4, 0.5) is 0 Å². The largest absolute Gasteiger partial charge is 0.374 e. The highest BCUT2D eigenvalue weighted by Gasteiger charge is 2.12. The number of hydrogen-bond donors (Lipinski definition) is 0. The molecule has 0 saturated carbocycles. The Labute approximate surface area is 86.9 Å². The van der Waals surface area contributed by atoms with Gasteiger partial charge in [0.1, 0.15) is 6.10 Å². The zero-order chi connectivity index (χ0) is 10.8. The van der Waals surface area contributed by atoms with Crippen molar-refractivity contribution in [2.75, 3.05) is 7.11 Å². The van der Waals surface area contributed by atoms with E-state index in [1.807, 2.05) is 11.3 Å². The molecular weight excluding hydrogens is 192 g/mol. The zero-order valence-corrected chi connectivity index (χ0v) is 8.51. The van der Waals surface area contributed by atoms with Crippen molar-refractivity contribution in [2.45, 2.75) is 13.0 Å². The van der Waals surface area contributed by atoms with Gasteiger partial charge in [0.15, 0.2) is 11.5 Å². The number of hydrogen-bond acceptors (Lipinski definition) is 4. The van der Waals surface area contributed by atoms with Crippen molar-refractivity contribution in [1.82, 2.24) is 14.6 Å². The predicted molar refractivity (Wildman–Crippen MR) is 53.1 cm³/mol. The summed E-state index contributed by atoms with van der Waals surface area (Å²) in [5.41, 5.74) is 1.24. The highest BCUT2D eigenvalue weighted by Crippen LogP contribution is 2.15. The predicted octanol–water partition coefficient (Wildman–Crippen LogP) is 1.31. The molecule has 0 amide bonds. The maximum atomic E-state index is 8.73. The number of rotatable bonds is 2. The van der Waals surface area contributed by atoms with Crippen molar-refractivity contribution in [3.63, 3.8) is 0 Å². The number of nitrogens with zero attached hydrogens (tertiary/aromatic N) is 4. The van der Waals surface area contributed by atoms with E-state index in [1.165, 1.54) is 0 Å². The van der Waals surface area contributed by atoms with E-state index in [0.29, 0.717) is 11.2 Å². The molecule has 2 aromatic rings. The van der Waals surface area contributed by atoms with Crippen molar-refractivity contribution in [1.29, 1.82) is 5.26 Å². The maximum absolute atomic E-state index is 8.73. The van der Waals surface area contributed by atoms with Crippen LogP contribution in [0.15, 0.2) is 18.3 Å². The number of pyridine rings is 1. The molecule has 5 heteroatoms. The van der Waals surface area contributed by atoms with Crippen LogP contribution in [-0.2, 0) is 4.74 Å². The minimum Gasteiger partial charge on any atom is -0.374 e. The summed E-state index contributed by atoms with van der Waals surface area (Å²) >= 11 is 0. The first-order chi connectivity index (χ1) is 7.26. The first-order valence-corrected chi connectivity index (χ1v) is 4.54. The highest BCUT2D eigenvalue weighted by molar-refractivity contribution is 5.45. The molecule has 0 aromatic carbocycles. The van der Waals surface area contributed by atoms with Crippen LogP contribution in [0, 0.1) is 11.3 Å². The van der Waals surface area contributed by atoms with Crippen LogP contribution in [0.5, 0.6) is 0 Å². The first-order valence-electron chi connectivity index (χ1n) is 4.54. The fraction of sp³-hybridized carbons (Fsp3) is 0.300. The molecule has 76 valence electrons. The van der Waals surface area contributed by atoms with E-state index < -0.39 is 0 Å². The molecule has 0 N–H and O–H groups in total. The molecule has 1 unspecified atom stereocenters. The number of ether oxygens (including phenoxy) is 1. The van der Waals surface area contributed by atoms with Gasteiger partial charge in [0.25, 0.3) is 0 Å². The van der Waals surface area contributed by atoms with E-state index in [0.717, 1.165) is 5.82 Å². The van der Waals surface area contributed by atoms with Gasteiger partial charge in [-0.15, -0.1) is 10.2 Å². The normalized spacial score (nSPS) is 12.6. The average Bonchev–Trinajstić information content (AvgIpc) is 2.70. The number of aromatic nitrogens is 3. The molecule has 0 bridgehead atoms. The Morgan fingerprint density at radius 3 is 3.00 bits per heavy atom. The van der Waals surface area contributed by atoms with E-state index in [9.17, 15) is 0 Å². The Kier molecular flexibility index (Phi) is 2.35. The molecule has 0 radical (unpaired) electrons. The van der Waals surface area contributed by atoms with Gasteiger partial charge < -0.3 is 4.74 Å². The second-order valence-electron chi connectivity index (χ2n) is 3.19. The highest BCUT2D eigenvalue weighted by atomic mass is 16.5.